The highest BCUT2D eigenvalue weighted by atomic mass is 35.5. The Labute approximate surface area is 161 Å². The van der Waals surface area contributed by atoms with Gasteiger partial charge in [0.05, 0.1) is 10.8 Å². The number of anilines is 1. The van der Waals surface area contributed by atoms with Gasteiger partial charge in [0.15, 0.2) is 16.3 Å². The summed E-state index contributed by atoms with van der Waals surface area (Å²) >= 11 is 6.70. The number of rotatable bonds is 4. The van der Waals surface area contributed by atoms with Crippen molar-refractivity contribution in [3.63, 3.8) is 0 Å². The number of hydrogen-bond donors (Lipinski definition) is 1. The SMILES string of the molecule is Cn1c(=O)c2nc(SCC(=O)Nc3ccc(Cl)c(F)c3)n(C)c2n(C)c1=O. The summed E-state index contributed by atoms with van der Waals surface area (Å²) in [5.41, 5.74) is -0.175. The van der Waals surface area contributed by atoms with Crippen molar-refractivity contribution in [3.8, 4) is 0 Å². The number of imidazole rings is 1. The molecule has 1 N–H and O–H groups in total. The van der Waals surface area contributed by atoms with Gasteiger partial charge in [-0.05, 0) is 18.2 Å². The third kappa shape index (κ3) is 3.50. The summed E-state index contributed by atoms with van der Waals surface area (Å²) in [6, 6.07) is 3.96. The lowest BCUT2D eigenvalue weighted by molar-refractivity contribution is -0.113. The first-order valence-electron chi connectivity index (χ1n) is 7.71. The fraction of sp³-hybridized carbons (Fsp3) is 0.250. The molecule has 3 rings (SSSR count). The van der Waals surface area contributed by atoms with E-state index in [2.05, 4.69) is 10.3 Å². The Morgan fingerprint density at radius 2 is 1.93 bits per heavy atom. The Balaban J connectivity index is 1.82. The standard InChI is InChI=1S/C16H15ClFN5O3S/c1-21-13-12(14(25)23(3)16(26)22(13)2)20-15(21)27-7-11(24)19-8-4-5-9(17)10(18)6-8/h4-6H,7H2,1-3H3,(H,19,24). The quantitative estimate of drug-likeness (QED) is 0.657. The average molecular weight is 412 g/mol. The zero-order chi connectivity index (χ0) is 19.9. The Morgan fingerprint density at radius 1 is 1.22 bits per heavy atom. The molecule has 8 nitrogen and oxygen atoms in total. The fourth-order valence-corrected chi connectivity index (χ4v) is 3.47. The number of carbonyl (C=O) groups excluding carboxylic acids is 1. The predicted molar refractivity (Wildman–Crippen MR) is 102 cm³/mol. The second-order valence-electron chi connectivity index (χ2n) is 5.80. The van der Waals surface area contributed by atoms with Crippen LogP contribution in [0.4, 0.5) is 10.1 Å². The van der Waals surface area contributed by atoms with Crippen molar-refractivity contribution in [2.24, 2.45) is 21.1 Å². The lowest BCUT2D eigenvalue weighted by atomic mass is 10.3. The lowest BCUT2D eigenvalue weighted by Crippen LogP contribution is -2.37. The molecule has 27 heavy (non-hydrogen) atoms. The molecule has 0 fully saturated rings. The molecule has 0 unspecified atom stereocenters. The van der Waals surface area contributed by atoms with Crippen molar-refractivity contribution in [2.75, 3.05) is 11.1 Å². The van der Waals surface area contributed by atoms with E-state index in [1.807, 2.05) is 0 Å². The van der Waals surface area contributed by atoms with Gasteiger partial charge in [-0.1, -0.05) is 23.4 Å². The predicted octanol–water partition coefficient (Wildman–Crippen LogP) is 1.49. The van der Waals surface area contributed by atoms with E-state index in [1.54, 1.807) is 18.7 Å². The van der Waals surface area contributed by atoms with Crippen molar-refractivity contribution < 1.29 is 9.18 Å². The van der Waals surface area contributed by atoms with Crippen molar-refractivity contribution >= 4 is 46.1 Å². The van der Waals surface area contributed by atoms with Crippen molar-refractivity contribution in [3.05, 3.63) is 49.9 Å². The van der Waals surface area contributed by atoms with Crippen molar-refractivity contribution in [1.82, 2.24) is 18.7 Å². The minimum Gasteiger partial charge on any atom is -0.325 e. The van der Waals surface area contributed by atoms with Crippen molar-refractivity contribution in [1.29, 1.82) is 0 Å². The normalized spacial score (nSPS) is 11.1. The largest absolute Gasteiger partial charge is 0.332 e. The molecule has 2 aromatic heterocycles. The first-order valence-corrected chi connectivity index (χ1v) is 9.07. The van der Waals surface area contributed by atoms with E-state index in [1.165, 1.54) is 23.7 Å². The second kappa shape index (κ2) is 7.20. The number of halogens is 2. The maximum Gasteiger partial charge on any atom is 0.332 e. The van der Waals surface area contributed by atoms with Gasteiger partial charge in [0.25, 0.3) is 5.56 Å². The first kappa shape index (κ1) is 19.2. The maximum atomic E-state index is 13.4. The van der Waals surface area contributed by atoms with Crippen LogP contribution < -0.4 is 16.6 Å². The minimum absolute atomic E-state index is 0.0182. The summed E-state index contributed by atoms with van der Waals surface area (Å²) in [7, 11) is 4.58. The van der Waals surface area contributed by atoms with E-state index >= 15 is 0 Å². The van der Waals surface area contributed by atoms with E-state index in [4.69, 9.17) is 11.6 Å². The molecule has 0 saturated carbocycles. The molecule has 142 valence electrons. The highest BCUT2D eigenvalue weighted by Gasteiger charge is 2.18. The van der Waals surface area contributed by atoms with Crippen LogP contribution in [0.2, 0.25) is 5.02 Å². The van der Waals surface area contributed by atoms with Crippen LogP contribution in [0, 0.1) is 5.82 Å². The third-order valence-electron chi connectivity index (χ3n) is 3.96. The van der Waals surface area contributed by atoms with Gasteiger partial charge in [-0.15, -0.1) is 0 Å². The number of nitrogens with one attached hydrogen (secondary N) is 1. The number of hydrogen-bond acceptors (Lipinski definition) is 5. The molecule has 0 bridgehead atoms. The number of benzene rings is 1. The molecule has 0 spiro atoms. The van der Waals surface area contributed by atoms with Gasteiger partial charge in [0.1, 0.15) is 5.82 Å². The van der Waals surface area contributed by atoms with Crippen LogP contribution in [0.1, 0.15) is 0 Å². The minimum atomic E-state index is -0.630. The number of nitrogens with zero attached hydrogens (tertiary/aromatic N) is 4. The molecule has 0 atom stereocenters. The Morgan fingerprint density at radius 3 is 2.59 bits per heavy atom. The Bertz CT molecular complexity index is 1180. The summed E-state index contributed by atoms with van der Waals surface area (Å²) in [5, 5.41) is 2.93. The number of aromatic nitrogens is 4. The van der Waals surface area contributed by atoms with Crippen LogP contribution in [0.3, 0.4) is 0 Å². The van der Waals surface area contributed by atoms with Crippen LogP contribution in [0.25, 0.3) is 11.2 Å². The topological polar surface area (TPSA) is 90.9 Å². The molecule has 1 aromatic carbocycles. The van der Waals surface area contributed by atoms with E-state index in [9.17, 15) is 18.8 Å². The molecular weight excluding hydrogens is 397 g/mol. The highest BCUT2D eigenvalue weighted by Crippen LogP contribution is 2.22. The van der Waals surface area contributed by atoms with Crippen LogP contribution in [-0.2, 0) is 25.9 Å². The molecular formula is C16H15ClFN5O3S. The first-order chi connectivity index (χ1) is 12.7. The van der Waals surface area contributed by atoms with Gasteiger partial charge in [0.2, 0.25) is 5.91 Å². The molecule has 0 saturated heterocycles. The molecule has 1 amide bonds. The van der Waals surface area contributed by atoms with Gasteiger partial charge < -0.3 is 9.88 Å². The Hall–Kier alpha value is -2.59. The number of amides is 1. The van der Waals surface area contributed by atoms with Gasteiger partial charge in [-0.3, -0.25) is 18.7 Å². The van der Waals surface area contributed by atoms with Gasteiger partial charge in [-0.2, -0.15) is 0 Å². The molecule has 3 aromatic rings. The van der Waals surface area contributed by atoms with Gasteiger partial charge >= 0.3 is 5.69 Å². The molecule has 0 aliphatic heterocycles. The van der Waals surface area contributed by atoms with E-state index < -0.39 is 17.1 Å². The van der Waals surface area contributed by atoms with Crippen LogP contribution in [0.15, 0.2) is 32.9 Å². The van der Waals surface area contributed by atoms with E-state index in [0.29, 0.717) is 10.8 Å². The molecule has 0 aliphatic carbocycles. The maximum absolute atomic E-state index is 13.4. The zero-order valence-electron chi connectivity index (χ0n) is 14.6. The molecule has 0 radical (unpaired) electrons. The van der Waals surface area contributed by atoms with Gasteiger partial charge in [-0.25, -0.2) is 14.2 Å². The summed E-state index contributed by atoms with van der Waals surface area (Å²) in [6.45, 7) is 0. The van der Waals surface area contributed by atoms with Crippen LogP contribution >= 0.6 is 23.4 Å². The summed E-state index contributed by atoms with van der Waals surface area (Å²) in [5.74, 6) is -1.03. The summed E-state index contributed by atoms with van der Waals surface area (Å²) in [4.78, 5) is 40.7. The lowest BCUT2D eigenvalue weighted by Gasteiger charge is -2.07. The Kier molecular flexibility index (Phi) is 5.11. The molecule has 2 heterocycles. The summed E-state index contributed by atoms with van der Waals surface area (Å²) < 4.78 is 17.3. The van der Waals surface area contributed by atoms with Crippen molar-refractivity contribution in [2.45, 2.75) is 5.16 Å². The second-order valence-corrected chi connectivity index (χ2v) is 7.15. The summed E-state index contributed by atoms with van der Waals surface area (Å²) in [6.07, 6.45) is 0. The monoisotopic (exact) mass is 411 g/mol. The number of carbonyl (C=O) groups is 1. The number of thioether (sulfide) groups is 1. The third-order valence-corrected chi connectivity index (χ3v) is 5.29. The smallest absolute Gasteiger partial charge is 0.325 e. The number of aryl methyl sites for hydroxylation is 2. The molecule has 11 heteroatoms. The van der Waals surface area contributed by atoms with Gasteiger partial charge in [0, 0.05) is 26.8 Å². The number of fused-ring (bicyclic) bond motifs is 1. The highest BCUT2D eigenvalue weighted by molar-refractivity contribution is 7.99. The average Bonchev–Trinajstić information content (AvgIpc) is 2.96. The fourth-order valence-electron chi connectivity index (χ4n) is 2.59. The molecule has 0 aliphatic rings. The van der Waals surface area contributed by atoms with E-state index in [-0.39, 0.29) is 27.9 Å². The van der Waals surface area contributed by atoms with Crippen LogP contribution in [0.5, 0.6) is 0 Å². The van der Waals surface area contributed by atoms with Crippen LogP contribution in [-0.4, -0.2) is 30.3 Å². The van der Waals surface area contributed by atoms with E-state index in [0.717, 1.165) is 22.4 Å². The zero-order valence-corrected chi connectivity index (χ0v) is 16.2.